The molecule has 0 bridgehead atoms. The number of carbonyl (C=O) groups excluding carboxylic acids is 1. The van der Waals surface area contributed by atoms with E-state index in [1.165, 1.54) is 11.3 Å². The molecule has 1 heterocycles. The fourth-order valence-electron chi connectivity index (χ4n) is 2.28. The van der Waals surface area contributed by atoms with Crippen LogP contribution in [0.4, 0.5) is 10.5 Å². The van der Waals surface area contributed by atoms with Crippen LogP contribution in [0.3, 0.4) is 0 Å². The van der Waals surface area contributed by atoms with Gasteiger partial charge in [-0.15, -0.1) is 11.3 Å². The van der Waals surface area contributed by atoms with E-state index in [-0.39, 0.29) is 6.03 Å². The van der Waals surface area contributed by atoms with Gasteiger partial charge in [-0.1, -0.05) is 29.8 Å². The first-order valence-corrected chi connectivity index (χ1v) is 9.40. The van der Waals surface area contributed by atoms with Crippen LogP contribution in [0.5, 0.6) is 5.75 Å². The number of benzene rings is 2. The van der Waals surface area contributed by atoms with Crippen LogP contribution in [0.25, 0.3) is 0 Å². The highest BCUT2D eigenvalue weighted by Gasteiger charge is 2.04. The molecule has 2 aromatic carbocycles. The Morgan fingerprint density at radius 2 is 2.04 bits per heavy atom. The van der Waals surface area contributed by atoms with Gasteiger partial charge in [0, 0.05) is 28.7 Å². The van der Waals surface area contributed by atoms with Crippen LogP contribution >= 0.6 is 22.9 Å². The van der Waals surface area contributed by atoms with Gasteiger partial charge in [0.25, 0.3) is 0 Å². The molecule has 0 atom stereocenters. The molecule has 2 N–H and O–H groups in total. The van der Waals surface area contributed by atoms with E-state index in [1.807, 2.05) is 47.8 Å². The van der Waals surface area contributed by atoms with Crippen LogP contribution in [0.15, 0.2) is 59.4 Å². The minimum absolute atomic E-state index is 0.254. The number of nitrogens with one attached hydrogen (secondary N) is 2. The molecule has 0 saturated heterocycles. The number of aromatic nitrogens is 1. The van der Waals surface area contributed by atoms with Crippen molar-refractivity contribution in [1.82, 2.24) is 10.3 Å². The number of carbonyl (C=O) groups is 1. The molecule has 7 heteroatoms. The summed E-state index contributed by atoms with van der Waals surface area (Å²) < 4.78 is 5.68. The number of amides is 2. The lowest BCUT2D eigenvalue weighted by atomic mass is 10.1. The molecular formula is C19H18ClN3O2S. The maximum absolute atomic E-state index is 12.0. The van der Waals surface area contributed by atoms with E-state index in [2.05, 4.69) is 15.6 Å². The Balaban J connectivity index is 1.44. The molecule has 2 amide bonds. The number of anilines is 1. The molecule has 0 aliphatic rings. The zero-order valence-corrected chi connectivity index (χ0v) is 15.5. The van der Waals surface area contributed by atoms with Crippen molar-refractivity contribution in [2.75, 3.05) is 11.9 Å². The van der Waals surface area contributed by atoms with Crippen molar-refractivity contribution in [3.05, 3.63) is 75.7 Å². The lowest BCUT2D eigenvalue weighted by molar-refractivity contribution is 0.252. The van der Waals surface area contributed by atoms with E-state index < -0.39 is 0 Å². The molecule has 0 saturated carbocycles. The third kappa shape index (κ3) is 5.75. The Labute approximate surface area is 161 Å². The van der Waals surface area contributed by atoms with Crippen LogP contribution in [-0.2, 0) is 13.0 Å². The second-order valence-corrected chi connectivity index (χ2v) is 6.71. The van der Waals surface area contributed by atoms with Crippen LogP contribution in [-0.4, -0.2) is 17.6 Å². The third-order valence-electron chi connectivity index (χ3n) is 3.57. The first-order valence-electron chi connectivity index (χ1n) is 8.08. The average molecular weight is 388 g/mol. The predicted octanol–water partition coefficient (Wildman–Crippen LogP) is 4.74. The second kappa shape index (κ2) is 9.22. The molecule has 26 heavy (non-hydrogen) atoms. The largest absolute Gasteiger partial charge is 0.487 e. The van der Waals surface area contributed by atoms with Gasteiger partial charge >= 0.3 is 6.03 Å². The van der Waals surface area contributed by atoms with Crippen molar-refractivity contribution in [3.8, 4) is 5.75 Å². The third-order valence-corrected chi connectivity index (χ3v) is 4.46. The molecule has 1 aromatic heterocycles. The molecule has 0 radical (unpaired) electrons. The normalized spacial score (nSPS) is 10.3. The van der Waals surface area contributed by atoms with Crippen molar-refractivity contribution >= 4 is 34.7 Å². The van der Waals surface area contributed by atoms with Crippen LogP contribution in [0.2, 0.25) is 5.02 Å². The summed E-state index contributed by atoms with van der Waals surface area (Å²) in [6, 6.07) is 14.6. The van der Waals surface area contributed by atoms with E-state index in [0.29, 0.717) is 29.6 Å². The monoisotopic (exact) mass is 387 g/mol. The zero-order chi connectivity index (χ0) is 18.2. The number of nitrogens with zero attached hydrogens (tertiary/aromatic N) is 1. The van der Waals surface area contributed by atoms with Gasteiger partial charge in [-0.05, 0) is 36.2 Å². The van der Waals surface area contributed by atoms with Gasteiger partial charge in [0.05, 0.1) is 11.2 Å². The van der Waals surface area contributed by atoms with Crippen molar-refractivity contribution in [3.63, 3.8) is 0 Å². The van der Waals surface area contributed by atoms with Gasteiger partial charge in [0.1, 0.15) is 12.4 Å². The Morgan fingerprint density at radius 1 is 1.19 bits per heavy atom. The predicted molar refractivity (Wildman–Crippen MR) is 105 cm³/mol. The number of urea groups is 1. The van der Waals surface area contributed by atoms with Gasteiger partial charge in [-0.25, -0.2) is 9.78 Å². The van der Waals surface area contributed by atoms with Crippen molar-refractivity contribution < 1.29 is 9.53 Å². The fourth-order valence-corrected chi connectivity index (χ4v) is 2.95. The SMILES string of the molecule is O=C(NCCc1ccc(Cl)cc1)Nc1cccc(OCc2cscn2)c1. The molecule has 0 spiro atoms. The minimum Gasteiger partial charge on any atom is -0.487 e. The Bertz CT molecular complexity index is 838. The van der Waals surface area contributed by atoms with Crippen molar-refractivity contribution in [1.29, 1.82) is 0 Å². The number of hydrogen-bond donors (Lipinski definition) is 2. The number of rotatable bonds is 7. The standard InChI is InChI=1S/C19H18ClN3O2S/c20-15-6-4-14(5-7-15)8-9-21-19(24)23-16-2-1-3-18(10-16)25-11-17-12-26-13-22-17/h1-7,10,12-13H,8-9,11H2,(H2,21,23,24). The first kappa shape index (κ1) is 18.2. The first-order chi connectivity index (χ1) is 12.7. The summed E-state index contributed by atoms with van der Waals surface area (Å²) in [4.78, 5) is 16.2. The molecular weight excluding hydrogens is 370 g/mol. The van der Waals surface area contributed by atoms with E-state index in [4.69, 9.17) is 16.3 Å². The van der Waals surface area contributed by atoms with E-state index in [0.717, 1.165) is 17.7 Å². The van der Waals surface area contributed by atoms with E-state index in [9.17, 15) is 4.79 Å². The summed E-state index contributed by atoms with van der Waals surface area (Å²) >= 11 is 7.39. The summed E-state index contributed by atoms with van der Waals surface area (Å²) in [5, 5.41) is 8.29. The minimum atomic E-state index is -0.254. The molecule has 3 rings (SSSR count). The molecule has 0 fully saturated rings. The highest BCUT2D eigenvalue weighted by molar-refractivity contribution is 7.07. The van der Waals surface area contributed by atoms with Gasteiger partial charge in [0.15, 0.2) is 0 Å². The quantitative estimate of drug-likeness (QED) is 0.615. The van der Waals surface area contributed by atoms with Gasteiger partial charge in [-0.3, -0.25) is 0 Å². The summed E-state index contributed by atoms with van der Waals surface area (Å²) in [7, 11) is 0. The van der Waals surface area contributed by atoms with E-state index in [1.54, 1.807) is 11.6 Å². The summed E-state index contributed by atoms with van der Waals surface area (Å²) in [5.41, 5.74) is 4.44. The fraction of sp³-hybridized carbons (Fsp3) is 0.158. The summed E-state index contributed by atoms with van der Waals surface area (Å²) in [5.74, 6) is 0.678. The van der Waals surface area contributed by atoms with Crippen molar-refractivity contribution in [2.24, 2.45) is 0 Å². The highest BCUT2D eigenvalue weighted by atomic mass is 35.5. The molecule has 0 unspecified atom stereocenters. The smallest absolute Gasteiger partial charge is 0.319 e. The average Bonchev–Trinajstić information content (AvgIpc) is 3.16. The molecule has 3 aromatic rings. The molecule has 0 aliphatic heterocycles. The lowest BCUT2D eigenvalue weighted by Crippen LogP contribution is -2.30. The number of halogens is 1. The molecule has 5 nitrogen and oxygen atoms in total. The summed E-state index contributed by atoms with van der Waals surface area (Å²) in [6.45, 7) is 0.938. The van der Waals surface area contributed by atoms with Crippen LogP contribution in [0.1, 0.15) is 11.3 Å². The lowest BCUT2D eigenvalue weighted by Gasteiger charge is -2.10. The maximum Gasteiger partial charge on any atom is 0.319 e. The van der Waals surface area contributed by atoms with Crippen molar-refractivity contribution in [2.45, 2.75) is 13.0 Å². The van der Waals surface area contributed by atoms with Crippen LogP contribution in [0, 0.1) is 0 Å². The van der Waals surface area contributed by atoms with E-state index >= 15 is 0 Å². The maximum atomic E-state index is 12.0. The number of ether oxygens (including phenoxy) is 1. The zero-order valence-electron chi connectivity index (χ0n) is 13.9. The Hall–Kier alpha value is -2.57. The van der Waals surface area contributed by atoms with Crippen LogP contribution < -0.4 is 15.4 Å². The molecule has 134 valence electrons. The highest BCUT2D eigenvalue weighted by Crippen LogP contribution is 2.18. The summed E-state index contributed by atoms with van der Waals surface area (Å²) in [6.07, 6.45) is 0.737. The molecule has 0 aliphatic carbocycles. The van der Waals surface area contributed by atoms with Gasteiger partial charge in [-0.2, -0.15) is 0 Å². The second-order valence-electron chi connectivity index (χ2n) is 5.55. The number of thiazole rings is 1. The Morgan fingerprint density at radius 3 is 2.81 bits per heavy atom. The Kier molecular flexibility index (Phi) is 6.46. The van der Waals surface area contributed by atoms with Gasteiger partial charge < -0.3 is 15.4 Å². The van der Waals surface area contributed by atoms with Gasteiger partial charge in [0.2, 0.25) is 0 Å². The number of hydrogen-bond acceptors (Lipinski definition) is 4. The topological polar surface area (TPSA) is 63.2 Å².